The van der Waals surface area contributed by atoms with Crippen LogP contribution in [0.15, 0.2) is 60.9 Å². The van der Waals surface area contributed by atoms with Crippen molar-refractivity contribution in [3.05, 3.63) is 77.9 Å². The van der Waals surface area contributed by atoms with Crippen molar-refractivity contribution in [2.75, 3.05) is 37.5 Å². The lowest BCUT2D eigenvalue weighted by molar-refractivity contribution is 0.102. The first-order chi connectivity index (χ1) is 25.4. The molecule has 1 saturated carbocycles. The number of aryl methyl sites for hydroxylation is 1. The second-order valence-electron chi connectivity index (χ2n) is 12.8. The van der Waals surface area contributed by atoms with Gasteiger partial charge in [-0.1, -0.05) is 12.1 Å². The number of nitrogens with two attached hydrogens (primary N) is 1. The minimum atomic E-state index is -0.598. The fourth-order valence-corrected chi connectivity index (χ4v) is 6.21. The number of pyridine rings is 2. The van der Waals surface area contributed by atoms with Gasteiger partial charge in [0, 0.05) is 25.0 Å². The maximum absolute atomic E-state index is 14.8. The molecule has 0 unspecified atom stereocenters. The van der Waals surface area contributed by atoms with Crippen molar-refractivity contribution in [2.45, 2.75) is 50.7 Å². The Morgan fingerprint density at radius 1 is 0.852 bits per heavy atom. The SMILES string of the molecule is Cc1cc(F)c(C(=O)Nc2cccc(-c3nnnn3[C@H]3CCOC3)n2)cc1-c1cnn(C2CC2)c1.Nc1cccc(-c2nnnn2[C@H]2CCOC2)n1.S.S. The summed E-state index contributed by atoms with van der Waals surface area (Å²) in [4.78, 5) is 21.8. The summed E-state index contributed by atoms with van der Waals surface area (Å²) in [6.07, 6.45) is 7.66. The molecule has 0 bridgehead atoms. The van der Waals surface area contributed by atoms with Crippen LogP contribution < -0.4 is 11.1 Å². The van der Waals surface area contributed by atoms with Crippen molar-refractivity contribution >= 4 is 44.5 Å². The van der Waals surface area contributed by atoms with Gasteiger partial charge < -0.3 is 20.5 Å². The minimum Gasteiger partial charge on any atom is -0.384 e. The summed E-state index contributed by atoms with van der Waals surface area (Å²) >= 11 is 0. The number of carbonyl (C=O) groups excluding carboxylic acids is 1. The zero-order chi connectivity index (χ0) is 35.6. The molecule has 17 nitrogen and oxygen atoms in total. The van der Waals surface area contributed by atoms with Crippen molar-refractivity contribution in [1.29, 1.82) is 0 Å². The number of rotatable bonds is 8. The topological polar surface area (TPSA) is 204 Å². The first kappa shape index (κ1) is 38.4. The Kier molecular flexibility index (Phi) is 11.9. The third-order valence-electron chi connectivity index (χ3n) is 9.10. The molecule has 7 heterocycles. The van der Waals surface area contributed by atoms with Crippen molar-refractivity contribution in [1.82, 2.24) is 60.2 Å². The minimum absolute atomic E-state index is 0. The second-order valence-corrected chi connectivity index (χ2v) is 12.8. The molecule has 1 aliphatic carbocycles. The van der Waals surface area contributed by atoms with Crippen LogP contribution >= 0.6 is 27.0 Å². The van der Waals surface area contributed by atoms with Gasteiger partial charge in [0.1, 0.15) is 28.8 Å². The highest BCUT2D eigenvalue weighted by atomic mass is 32.1. The first-order valence-electron chi connectivity index (χ1n) is 17.0. The van der Waals surface area contributed by atoms with Gasteiger partial charge in [0.15, 0.2) is 0 Å². The molecular weight excluding hydrogens is 736 g/mol. The number of anilines is 2. The number of nitrogens with one attached hydrogen (secondary N) is 1. The van der Waals surface area contributed by atoms with E-state index in [1.165, 1.54) is 6.07 Å². The number of halogens is 1. The molecule has 0 radical (unpaired) electrons. The zero-order valence-electron chi connectivity index (χ0n) is 29.2. The van der Waals surface area contributed by atoms with Crippen molar-refractivity contribution in [3.63, 3.8) is 0 Å². The third-order valence-corrected chi connectivity index (χ3v) is 9.10. The molecule has 2 saturated heterocycles. The van der Waals surface area contributed by atoms with Crippen LogP contribution in [0.1, 0.15) is 59.7 Å². The van der Waals surface area contributed by atoms with E-state index in [1.807, 2.05) is 29.9 Å². The molecule has 2 atom stereocenters. The maximum Gasteiger partial charge on any atom is 0.259 e. The number of benzene rings is 1. The van der Waals surface area contributed by atoms with Crippen LogP contribution in [0, 0.1) is 12.7 Å². The molecule has 5 aromatic heterocycles. The predicted octanol–water partition coefficient (Wildman–Crippen LogP) is 4.10. The van der Waals surface area contributed by atoms with E-state index in [0.29, 0.717) is 54.7 Å². The van der Waals surface area contributed by atoms with Crippen LogP contribution in [0.2, 0.25) is 0 Å². The fraction of sp³-hybridized carbons (Fsp3) is 0.353. The Morgan fingerprint density at radius 2 is 1.48 bits per heavy atom. The Bertz CT molecular complexity index is 2210. The monoisotopic (exact) mass is 774 g/mol. The lowest BCUT2D eigenvalue weighted by atomic mass is 9.99. The summed E-state index contributed by atoms with van der Waals surface area (Å²) in [5, 5.41) is 30.8. The van der Waals surface area contributed by atoms with Gasteiger partial charge in [0.25, 0.3) is 5.91 Å². The normalized spacial score (nSPS) is 17.6. The Labute approximate surface area is 322 Å². The largest absolute Gasteiger partial charge is 0.384 e. The van der Waals surface area contributed by atoms with Gasteiger partial charge in [-0.05, 0) is 101 Å². The summed E-state index contributed by atoms with van der Waals surface area (Å²) in [6, 6.07) is 14.1. The predicted molar refractivity (Wildman–Crippen MR) is 205 cm³/mol. The molecule has 20 heteroatoms. The fourth-order valence-electron chi connectivity index (χ4n) is 6.21. The van der Waals surface area contributed by atoms with Gasteiger partial charge in [-0.15, -0.1) is 10.2 Å². The summed E-state index contributed by atoms with van der Waals surface area (Å²) in [5.74, 6) is 0.653. The number of carbonyl (C=O) groups is 1. The molecule has 1 aromatic carbocycles. The van der Waals surface area contributed by atoms with E-state index >= 15 is 0 Å². The average molecular weight is 775 g/mol. The molecule has 1 amide bonds. The number of hydrogen-bond donors (Lipinski definition) is 2. The molecule has 3 N–H and O–H groups in total. The number of amides is 1. The van der Waals surface area contributed by atoms with E-state index in [1.54, 1.807) is 45.9 Å². The number of tetrazole rings is 2. The molecular formula is C34H39FN14O3S2. The molecule has 9 rings (SSSR count). The van der Waals surface area contributed by atoms with E-state index in [2.05, 4.69) is 51.4 Å². The summed E-state index contributed by atoms with van der Waals surface area (Å²) in [6.45, 7) is 4.38. The van der Waals surface area contributed by atoms with Gasteiger partial charge in [-0.25, -0.2) is 23.7 Å². The number of aromatic nitrogens is 12. The Hall–Kier alpha value is -5.31. The van der Waals surface area contributed by atoms with Gasteiger partial charge in [-0.2, -0.15) is 32.1 Å². The highest BCUT2D eigenvalue weighted by Gasteiger charge is 2.26. The number of nitrogens with zero attached hydrogens (tertiary/aromatic N) is 12. The van der Waals surface area contributed by atoms with Crippen molar-refractivity contribution in [2.24, 2.45) is 0 Å². The molecule has 6 aromatic rings. The Morgan fingerprint density at radius 3 is 2.07 bits per heavy atom. The van der Waals surface area contributed by atoms with Crippen molar-refractivity contribution in [3.8, 4) is 34.2 Å². The molecule has 54 heavy (non-hydrogen) atoms. The highest BCUT2D eigenvalue weighted by molar-refractivity contribution is 7.59. The van der Waals surface area contributed by atoms with E-state index in [9.17, 15) is 9.18 Å². The zero-order valence-corrected chi connectivity index (χ0v) is 31.2. The molecule has 3 fully saturated rings. The number of hydrogen-bond acceptors (Lipinski definition) is 13. The van der Waals surface area contributed by atoms with Crippen LogP contribution in [-0.4, -0.2) is 92.5 Å². The summed E-state index contributed by atoms with van der Waals surface area (Å²) < 4.78 is 31.0. The van der Waals surface area contributed by atoms with E-state index < -0.39 is 11.7 Å². The Balaban J connectivity index is 0.000000221. The van der Waals surface area contributed by atoms with E-state index in [-0.39, 0.29) is 50.5 Å². The van der Waals surface area contributed by atoms with Crippen LogP contribution in [0.3, 0.4) is 0 Å². The van der Waals surface area contributed by atoms with Crippen LogP contribution in [-0.2, 0) is 9.47 Å². The van der Waals surface area contributed by atoms with Crippen LogP contribution in [0.4, 0.5) is 16.0 Å². The van der Waals surface area contributed by atoms with Gasteiger partial charge in [-0.3, -0.25) is 9.48 Å². The quantitative estimate of drug-likeness (QED) is 0.224. The lowest BCUT2D eigenvalue weighted by Gasteiger charge is -2.12. The van der Waals surface area contributed by atoms with Gasteiger partial charge in [0.2, 0.25) is 11.6 Å². The molecule has 0 spiro atoms. The number of nitrogen functional groups attached to an aromatic ring is 1. The summed E-state index contributed by atoms with van der Waals surface area (Å²) in [5.41, 5.74) is 9.12. The smallest absolute Gasteiger partial charge is 0.259 e. The molecule has 2 aliphatic heterocycles. The summed E-state index contributed by atoms with van der Waals surface area (Å²) in [7, 11) is 0. The third kappa shape index (κ3) is 8.25. The van der Waals surface area contributed by atoms with E-state index in [0.717, 1.165) is 49.0 Å². The second kappa shape index (κ2) is 16.8. The van der Waals surface area contributed by atoms with Crippen molar-refractivity contribution < 1.29 is 18.7 Å². The van der Waals surface area contributed by atoms with E-state index in [4.69, 9.17) is 15.2 Å². The average Bonchev–Trinajstić information content (AvgIpc) is 3.81. The highest BCUT2D eigenvalue weighted by Crippen LogP contribution is 2.36. The standard InChI is InChI=1S/C24H23FN8O2.C10H12N6O.2H2S/c1-14-9-20(25)19(10-18(14)15-11-26-32(12-15)16-5-6-16)24(34)28-22-4-2-3-21(27-22)23-29-30-31-33(23)17-7-8-35-13-17;11-9-3-1-2-8(12-9)10-13-14-15-16(10)7-4-5-17-6-7;;/h2-4,9-12,16-17H,5-8,13H2,1H3,(H,27,28,34);1-3,7H,4-6H2,(H2,11,12);2*1H2/t17-;7-;;/m00../s1. The molecule has 282 valence electrons. The molecule has 3 aliphatic rings. The van der Waals surface area contributed by atoms with Crippen LogP contribution in [0.5, 0.6) is 0 Å². The van der Waals surface area contributed by atoms with Crippen LogP contribution in [0.25, 0.3) is 34.2 Å². The lowest BCUT2D eigenvalue weighted by Crippen LogP contribution is -2.16. The maximum atomic E-state index is 14.8. The first-order valence-corrected chi connectivity index (χ1v) is 17.0. The van der Waals surface area contributed by atoms with Gasteiger partial charge >= 0.3 is 0 Å². The van der Waals surface area contributed by atoms with Gasteiger partial charge in [0.05, 0.1) is 43.1 Å². The number of ether oxygens (including phenoxy) is 2.